The third-order valence-electron chi connectivity index (χ3n) is 2.98. The lowest BCUT2D eigenvalue weighted by molar-refractivity contribution is -0.138. The Labute approximate surface area is 88.4 Å². The molecular formula is C12H14O3. The van der Waals surface area contributed by atoms with Crippen molar-refractivity contribution in [1.29, 1.82) is 0 Å². The number of aliphatic carboxylic acids is 1. The van der Waals surface area contributed by atoms with Crippen LogP contribution in [0.3, 0.4) is 0 Å². The summed E-state index contributed by atoms with van der Waals surface area (Å²) in [7, 11) is 0. The zero-order valence-corrected chi connectivity index (χ0v) is 8.39. The van der Waals surface area contributed by atoms with Crippen molar-refractivity contribution in [2.45, 2.75) is 19.3 Å². The second kappa shape index (κ2) is 3.93. The summed E-state index contributed by atoms with van der Waals surface area (Å²) in [5.74, 6) is -0.141. The molecule has 0 amide bonds. The molecule has 0 bridgehead atoms. The number of aromatic hydroxyl groups is 1. The van der Waals surface area contributed by atoms with Crippen LogP contribution in [-0.2, 0) is 11.2 Å². The Morgan fingerprint density at radius 3 is 2.53 bits per heavy atom. The SMILES string of the molecule is O=C(O)C1CC1CCc1ccc(O)cc1. The molecule has 0 spiro atoms. The summed E-state index contributed by atoms with van der Waals surface area (Å²) >= 11 is 0. The second-order valence-electron chi connectivity index (χ2n) is 4.15. The molecule has 2 atom stereocenters. The first-order valence-corrected chi connectivity index (χ1v) is 5.17. The van der Waals surface area contributed by atoms with Crippen LogP contribution in [-0.4, -0.2) is 16.2 Å². The number of aryl methyl sites for hydroxylation is 1. The minimum Gasteiger partial charge on any atom is -0.508 e. The van der Waals surface area contributed by atoms with Gasteiger partial charge in [-0.05, 0) is 42.9 Å². The van der Waals surface area contributed by atoms with Crippen LogP contribution >= 0.6 is 0 Å². The zero-order valence-electron chi connectivity index (χ0n) is 8.39. The highest BCUT2D eigenvalue weighted by atomic mass is 16.4. The van der Waals surface area contributed by atoms with E-state index in [1.807, 2.05) is 12.1 Å². The van der Waals surface area contributed by atoms with Crippen molar-refractivity contribution in [3.63, 3.8) is 0 Å². The van der Waals surface area contributed by atoms with Crippen LogP contribution in [0.25, 0.3) is 0 Å². The van der Waals surface area contributed by atoms with E-state index in [9.17, 15) is 4.79 Å². The average Bonchev–Trinajstić information content (AvgIpc) is 2.96. The third kappa shape index (κ3) is 2.49. The smallest absolute Gasteiger partial charge is 0.306 e. The number of carbonyl (C=O) groups is 1. The number of phenols is 1. The first-order chi connectivity index (χ1) is 7.16. The first kappa shape index (κ1) is 10.0. The summed E-state index contributed by atoms with van der Waals surface area (Å²) in [4.78, 5) is 10.6. The number of rotatable bonds is 4. The van der Waals surface area contributed by atoms with Crippen molar-refractivity contribution >= 4 is 5.97 Å². The number of phenolic OH excluding ortho intramolecular Hbond substituents is 1. The zero-order chi connectivity index (χ0) is 10.8. The van der Waals surface area contributed by atoms with Crippen molar-refractivity contribution < 1.29 is 15.0 Å². The molecule has 1 fully saturated rings. The van der Waals surface area contributed by atoms with Gasteiger partial charge in [-0.2, -0.15) is 0 Å². The van der Waals surface area contributed by atoms with Gasteiger partial charge in [-0.25, -0.2) is 0 Å². The van der Waals surface area contributed by atoms with E-state index in [4.69, 9.17) is 10.2 Å². The van der Waals surface area contributed by atoms with E-state index >= 15 is 0 Å². The van der Waals surface area contributed by atoms with Gasteiger partial charge < -0.3 is 10.2 Å². The van der Waals surface area contributed by atoms with E-state index in [-0.39, 0.29) is 11.7 Å². The van der Waals surface area contributed by atoms with Gasteiger partial charge in [-0.1, -0.05) is 12.1 Å². The molecule has 1 saturated carbocycles. The fourth-order valence-corrected chi connectivity index (χ4v) is 1.88. The van der Waals surface area contributed by atoms with Crippen molar-refractivity contribution in [2.24, 2.45) is 11.8 Å². The van der Waals surface area contributed by atoms with Crippen molar-refractivity contribution in [3.8, 4) is 5.75 Å². The van der Waals surface area contributed by atoms with E-state index in [1.54, 1.807) is 12.1 Å². The van der Waals surface area contributed by atoms with Gasteiger partial charge in [0, 0.05) is 0 Å². The fraction of sp³-hybridized carbons (Fsp3) is 0.417. The molecule has 0 aliphatic heterocycles. The minimum atomic E-state index is -0.661. The molecule has 0 radical (unpaired) electrons. The van der Waals surface area contributed by atoms with Crippen LogP contribution in [0.5, 0.6) is 5.75 Å². The molecular weight excluding hydrogens is 192 g/mol. The number of carboxylic acid groups (broad SMARTS) is 1. The van der Waals surface area contributed by atoms with Gasteiger partial charge in [0.2, 0.25) is 0 Å². The molecule has 1 aliphatic rings. The molecule has 0 heterocycles. The van der Waals surface area contributed by atoms with Crippen LogP contribution in [0.4, 0.5) is 0 Å². The predicted molar refractivity (Wildman–Crippen MR) is 55.7 cm³/mol. The van der Waals surface area contributed by atoms with E-state index in [1.165, 1.54) is 0 Å². The largest absolute Gasteiger partial charge is 0.508 e. The van der Waals surface area contributed by atoms with Crippen LogP contribution in [0.1, 0.15) is 18.4 Å². The highest BCUT2D eigenvalue weighted by molar-refractivity contribution is 5.73. The highest BCUT2D eigenvalue weighted by Crippen LogP contribution is 2.42. The lowest BCUT2D eigenvalue weighted by Crippen LogP contribution is -2.00. The Hall–Kier alpha value is -1.51. The normalized spacial score (nSPS) is 23.7. The molecule has 2 unspecified atom stereocenters. The number of hydrogen-bond acceptors (Lipinski definition) is 2. The predicted octanol–water partition coefficient (Wildman–Crippen LogP) is 2.05. The van der Waals surface area contributed by atoms with Crippen molar-refractivity contribution in [1.82, 2.24) is 0 Å². The van der Waals surface area contributed by atoms with Crippen LogP contribution in [0.15, 0.2) is 24.3 Å². The molecule has 0 saturated heterocycles. The lowest BCUT2D eigenvalue weighted by atomic mass is 10.1. The summed E-state index contributed by atoms with van der Waals surface area (Å²) in [6.07, 6.45) is 2.66. The Bertz CT molecular complexity index is 356. The fourth-order valence-electron chi connectivity index (χ4n) is 1.88. The molecule has 1 aromatic rings. The van der Waals surface area contributed by atoms with Crippen LogP contribution in [0, 0.1) is 11.8 Å². The van der Waals surface area contributed by atoms with Crippen molar-refractivity contribution in [2.75, 3.05) is 0 Å². The van der Waals surface area contributed by atoms with E-state index in [2.05, 4.69) is 0 Å². The lowest BCUT2D eigenvalue weighted by Gasteiger charge is -2.00. The molecule has 1 aromatic carbocycles. The minimum absolute atomic E-state index is 0.109. The monoisotopic (exact) mass is 206 g/mol. The summed E-state index contributed by atoms with van der Waals surface area (Å²) in [5, 5.41) is 17.8. The Morgan fingerprint density at radius 1 is 1.33 bits per heavy atom. The number of carboxylic acids is 1. The standard InChI is InChI=1S/C12H14O3/c13-10-5-2-8(3-6-10)1-4-9-7-11(9)12(14)15/h2-3,5-6,9,11,13H,1,4,7H2,(H,14,15). The number of benzene rings is 1. The second-order valence-corrected chi connectivity index (χ2v) is 4.15. The third-order valence-corrected chi connectivity index (χ3v) is 2.98. The number of hydrogen-bond donors (Lipinski definition) is 2. The maximum Gasteiger partial charge on any atom is 0.306 e. The van der Waals surface area contributed by atoms with Gasteiger partial charge >= 0.3 is 5.97 Å². The van der Waals surface area contributed by atoms with E-state index in [0.29, 0.717) is 5.92 Å². The molecule has 3 heteroatoms. The highest BCUT2D eigenvalue weighted by Gasteiger charge is 2.42. The Kier molecular flexibility index (Phi) is 2.62. The topological polar surface area (TPSA) is 57.5 Å². The Morgan fingerprint density at radius 2 is 2.00 bits per heavy atom. The molecule has 2 rings (SSSR count). The molecule has 15 heavy (non-hydrogen) atoms. The molecule has 3 nitrogen and oxygen atoms in total. The van der Waals surface area contributed by atoms with Gasteiger partial charge in [0.15, 0.2) is 0 Å². The van der Waals surface area contributed by atoms with Crippen LogP contribution < -0.4 is 0 Å². The molecule has 80 valence electrons. The van der Waals surface area contributed by atoms with Crippen molar-refractivity contribution in [3.05, 3.63) is 29.8 Å². The molecule has 2 N–H and O–H groups in total. The van der Waals surface area contributed by atoms with Gasteiger partial charge in [-0.15, -0.1) is 0 Å². The maximum atomic E-state index is 10.6. The van der Waals surface area contributed by atoms with Gasteiger partial charge in [0.1, 0.15) is 5.75 Å². The van der Waals surface area contributed by atoms with Gasteiger partial charge in [0.05, 0.1) is 5.92 Å². The van der Waals surface area contributed by atoms with Gasteiger partial charge in [-0.3, -0.25) is 4.79 Å². The maximum absolute atomic E-state index is 10.6. The molecule has 1 aliphatic carbocycles. The van der Waals surface area contributed by atoms with E-state index < -0.39 is 5.97 Å². The summed E-state index contributed by atoms with van der Waals surface area (Å²) in [5.41, 5.74) is 1.16. The summed E-state index contributed by atoms with van der Waals surface area (Å²) in [6, 6.07) is 7.09. The van der Waals surface area contributed by atoms with Gasteiger partial charge in [0.25, 0.3) is 0 Å². The average molecular weight is 206 g/mol. The molecule has 0 aromatic heterocycles. The summed E-state index contributed by atoms with van der Waals surface area (Å²) in [6.45, 7) is 0. The quantitative estimate of drug-likeness (QED) is 0.792. The van der Waals surface area contributed by atoms with Crippen LogP contribution in [0.2, 0.25) is 0 Å². The van der Waals surface area contributed by atoms with E-state index in [0.717, 1.165) is 24.8 Å². The summed E-state index contributed by atoms with van der Waals surface area (Å²) < 4.78 is 0. The Balaban J connectivity index is 1.80. The first-order valence-electron chi connectivity index (χ1n) is 5.17.